The van der Waals surface area contributed by atoms with Gasteiger partial charge in [-0.2, -0.15) is 13.2 Å². The summed E-state index contributed by atoms with van der Waals surface area (Å²) in [6, 6.07) is 1.68. The zero-order chi connectivity index (χ0) is 33.6. The molecule has 1 aliphatic heterocycles. The van der Waals surface area contributed by atoms with Gasteiger partial charge < -0.3 is 20.3 Å². The molecule has 0 bridgehead atoms. The molecule has 4 heterocycles. The number of rotatable bonds is 9. The van der Waals surface area contributed by atoms with Gasteiger partial charge in [0.2, 0.25) is 0 Å². The molecule has 46 heavy (non-hydrogen) atoms. The molecule has 0 aliphatic carbocycles. The third kappa shape index (κ3) is 9.80. The van der Waals surface area contributed by atoms with E-state index in [9.17, 15) is 27.6 Å². The van der Waals surface area contributed by atoms with Gasteiger partial charge in [0.05, 0.1) is 22.8 Å². The number of aromatic nitrogens is 4. The van der Waals surface area contributed by atoms with E-state index in [4.69, 9.17) is 16.3 Å². The standard InChI is InChI=1S/C29H34ClF3N8O4S/c1-17(26-35-15-22(46-26)25(43)39-23-13-19(29(31,32)33)20(30)14-34-23)38-24(42)21-12-18(36-16-37-21)6-5-7-40-8-10-41(11-9-40)27(44)45-28(2,3)4/h12-17H,5-11H2,1-4H3,(H,38,42)(H,34,39,43). The summed E-state index contributed by atoms with van der Waals surface area (Å²) in [6.45, 7) is 10.7. The fourth-order valence-electron chi connectivity index (χ4n) is 4.45. The molecule has 4 rings (SSSR count). The number of hydrogen-bond acceptors (Lipinski definition) is 10. The molecule has 0 saturated carbocycles. The molecule has 1 aliphatic rings. The van der Waals surface area contributed by atoms with E-state index < -0.39 is 40.2 Å². The number of carbonyl (C=O) groups excluding carboxylic acids is 3. The summed E-state index contributed by atoms with van der Waals surface area (Å²) in [7, 11) is 0. The van der Waals surface area contributed by atoms with Crippen molar-refractivity contribution in [3.8, 4) is 0 Å². The number of pyridine rings is 1. The van der Waals surface area contributed by atoms with E-state index in [-0.39, 0.29) is 22.5 Å². The fourth-order valence-corrected chi connectivity index (χ4v) is 5.48. The monoisotopic (exact) mass is 682 g/mol. The topological polar surface area (TPSA) is 143 Å². The Morgan fingerprint density at radius 1 is 1.02 bits per heavy atom. The van der Waals surface area contributed by atoms with Crippen LogP contribution in [-0.2, 0) is 17.3 Å². The zero-order valence-electron chi connectivity index (χ0n) is 25.7. The second-order valence-electron chi connectivity index (χ2n) is 11.6. The molecule has 2 N–H and O–H groups in total. The Morgan fingerprint density at radius 3 is 2.41 bits per heavy atom. The number of thiazole rings is 1. The number of aryl methyl sites for hydroxylation is 1. The van der Waals surface area contributed by atoms with Crippen LogP contribution in [0, 0.1) is 0 Å². The van der Waals surface area contributed by atoms with Crippen LogP contribution in [0.3, 0.4) is 0 Å². The van der Waals surface area contributed by atoms with Crippen molar-refractivity contribution in [2.24, 2.45) is 0 Å². The summed E-state index contributed by atoms with van der Waals surface area (Å²) in [6.07, 6.45) is -0.181. The van der Waals surface area contributed by atoms with E-state index in [1.807, 2.05) is 20.8 Å². The summed E-state index contributed by atoms with van der Waals surface area (Å²) in [4.78, 5) is 58.2. The minimum Gasteiger partial charge on any atom is -0.444 e. The van der Waals surface area contributed by atoms with Crippen molar-refractivity contribution in [3.05, 3.63) is 62.7 Å². The SMILES string of the molecule is CC(NC(=O)c1cc(CCCN2CCN(C(=O)OC(C)(C)C)CC2)ncn1)c1ncc(C(=O)Nc2cc(C(F)(F)F)c(Cl)cn2)s1. The van der Waals surface area contributed by atoms with Crippen molar-refractivity contribution < 1.29 is 32.3 Å². The summed E-state index contributed by atoms with van der Waals surface area (Å²) < 4.78 is 44.8. The molecule has 1 unspecified atom stereocenters. The maximum atomic E-state index is 13.1. The van der Waals surface area contributed by atoms with Gasteiger partial charge in [0.1, 0.15) is 33.3 Å². The highest BCUT2D eigenvalue weighted by atomic mass is 35.5. The average molecular weight is 683 g/mol. The first-order valence-electron chi connectivity index (χ1n) is 14.4. The quantitative estimate of drug-likeness (QED) is 0.310. The number of amides is 3. The number of halogens is 4. The van der Waals surface area contributed by atoms with Gasteiger partial charge in [-0.3, -0.25) is 14.5 Å². The number of nitrogens with one attached hydrogen (secondary N) is 2. The van der Waals surface area contributed by atoms with Gasteiger partial charge in [-0.25, -0.2) is 24.7 Å². The van der Waals surface area contributed by atoms with Crippen LogP contribution in [0.1, 0.15) is 76.6 Å². The van der Waals surface area contributed by atoms with Crippen LogP contribution >= 0.6 is 22.9 Å². The first-order chi connectivity index (χ1) is 21.6. The van der Waals surface area contributed by atoms with Crippen LogP contribution in [0.15, 0.2) is 30.9 Å². The van der Waals surface area contributed by atoms with Crippen molar-refractivity contribution in [3.63, 3.8) is 0 Å². The molecule has 0 spiro atoms. The maximum absolute atomic E-state index is 13.1. The molecular weight excluding hydrogens is 649 g/mol. The second-order valence-corrected chi connectivity index (χ2v) is 13.0. The number of piperazine rings is 1. The van der Waals surface area contributed by atoms with Gasteiger partial charge in [0, 0.05) is 38.1 Å². The lowest BCUT2D eigenvalue weighted by Crippen LogP contribution is -2.50. The highest BCUT2D eigenvalue weighted by Gasteiger charge is 2.34. The minimum absolute atomic E-state index is 0.108. The van der Waals surface area contributed by atoms with E-state index in [2.05, 4.69) is 35.5 Å². The van der Waals surface area contributed by atoms with Crippen LogP contribution in [0.5, 0.6) is 0 Å². The highest BCUT2D eigenvalue weighted by Crippen LogP contribution is 2.35. The molecule has 3 amide bonds. The Morgan fingerprint density at radius 2 is 1.74 bits per heavy atom. The molecule has 1 saturated heterocycles. The van der Waals surface area contributed by atoms with Crippen molar-refractivity contribution in [1.82, 2.24) is 35.1 Å². The van der Waals surface area contributed by atoms with Crippen LogP contribution in [0.2, 0.25) is 5.02 Å². The van der Waals surface area contributed by atoms with Crippen LogP contribution in [0.4, 0.5) is 23.8 Å². The van der Waals surface area contributed by atoms with Gasteiger partial charge in [0.25, 0.3) is 11.8 Å². The lowest BCUT2D eigenvalue weighted by molar-refractivity contribution is -0.137. The van der Waals surface area contributed by atoms with Gasteiger partial charge in [0.15, 0.2) is 0 Å². The summed E-state index contributed by atoms with van der Waals surface area (Å²) in [5.41, 5.74) is -0.773. The zero-order valence-corrected chi connectivity index (χ0v) is 27.2. The average Bonchev–Trinajstić information content (AvgIpc) is 3.48. The third-order valence-corrected chi connectivity index (χ3v) is 8.24. The Kier molecular flexibility index (Phi) is 11.2. The number of nitrogens with zero attached hydrogens (tertiary/aromatic N) is 6. The predicted molar refractivity (Wildman–Crippen MR) is 165 cm³/mol. The largest absolute Gasteiger partial charge is 0.444 e. The molecule has 0 aromatic carbocycles. The Bertz CT molecular complexity index is 1560. The maximum Gasteiger partial charge on any atom is 0.418 e. The predicted octanol–water partition coefficient (Wildman–Crippen LogP) is 5.23. The summed E-state index contributed by atoms with van der Waals surface area (Å²) >= 11 is 6.55. The van der Waals surface area contributed by atoms with E-state index in [0.29, 0.717) is 36.3 Å². The molecule has 248 valence electrons. The molecule has 3 aromatic rings. The van der Waals surface area contributed by atoms with Gasteiger partial charge in [-0.05, 0) is 59.2 Å². The first-order valence-corrected chi connectivity index (χ1v) is 15.6. The van der Waals surface area contributed by atoms with E-state index in [1.165, 1.54) is 12.5 Å². The van der Waals surface area contributed by atoms with Crippen LogP contribution in [-0.4, -0.2) is 86.0 Å². The molecular formula is C29H34ClF3N8O4S. The molecule has 17 heteroatoms. The van der Waals surface area contributed by atoms with Crippen molar-refractivity contribution >= 4 is 46.7 Å². The van der Waals surface area contributed by atoms with Gasteiger partial charge in [-0.1, -0.05) is 11.6 Å². The number of alkyl halides is 3. The molecule has 3 aromatic heterocycles. The fraction of sp³-hybridized carbons (Fsp3) is 0.483. The number of carbonyl (C=O) groups is 3. The van der Waals surface area contributed by atoms with E-state index in [0.717, 1.165) is 43.6 Å². The molecule has 1 fully saturated rings. The second kappa shape index (κ2) is 14.7. The molecule has 0 radical (unpaired) electrons. The number of ether oxygens (including phenoxy) is 1. The van der Waals surface area contributed by atoms with Crippen LogP contribution < -0.4 is 10.6 Å². The Hall–Kier alpha value is -3.89. The van der Waals surface area contributed by atoms with Gasteiger partial charge in [-0.15, -0.1) is 11.3 Å². The first kappa shape index (κ1) is 35.0. The lowest BCUT2D eigenvalue weighted by Gasteiger charge is -2.35. The Labute approximate surface area is 272 Å². The van der Waals surface area contributed by atoms with E-state index in [1.54, 1.807) is 17.9 Å². The van der Waals surface area contributed by atoms with Crippen molar-refractivity contribution in [2.45, 2.75) is 58.4 Å². The lowest BCUT2D eigenvalue weighted by atomic mass is 10.2. The normalized spacial score (nSPS) is 14.9. The minimum atomic E-state index is -4.71. The van der Waals surface area contributed by atoms with E-state index >= 15 is 0 Å². The third-order valence-electron chi connectivity index (χ3n) is 6.76. The Balaban J connectivity index is 1.25. The number of hydrogen-bond donors (Lipinski definition) is 2. The summed E-state index contributed by atoms with van der Waals surface area (Å²) in [5.74, 6) is -1.49. The molecule has 12 nitrogen and oxygen atoms in total. The van der Waals surface area contributed by atoms with Crippen molar-refractivity contribution in [1.29, 1.82) is 0 Å². The highest BCUT2D eigenvalue weighted by molar-refractivity contribution is 7.13. The van der Waals surface area contributed by atoms with Crippen LogP contribution in [0.25, 0.3) is 0 Å². The van der Waals surface area contributed by atoms with Crippen molar-refractivity contribution in [2.75, 3.05) is 38.0 Å². The number of anilines is 1. The smallest absolute Gasteiger partial charge is 0.418 e. The molecule has 1 atom stereocenters. The summed E-state index contributed by atoms with van der Waals surface area (Å²) in [5, 5.41) is 4.92. The van der Waals surface area contributed by atoms with Gasteiger partial charge >= 0.3 is 12.3 Å².